The second-order valence-electron chi connectivity index (χ2n) is 4.87. The molecule has 1 unspecified atom stereocenters. The Morgan fingerprint density at radius 2 is 1.76 bits per heavy atom. The molecule has 0 spiro atoms. The lowest BCUT2D eigenvalue weighted by atomic mass is 10.1. The van der Waals surface area contributed by atoms with E-state index in [1.807, 2.05) is 55.5 Å². The number of nitrogens with one attached hydrogen (secondary N) is 1. The fourth-order valence-electron chi connectivity index (χ4n) is 2.06. The van der Waals surface area contributed by atoms with Gasteiger partial charge in [0, 0.05) is 4.47 Å². The molecule has 21 heavy (non-hydrogen) atoms. The molecule has 0 saturated carbocycles. The minimum atomic E-state index is -0.0103. The Labute approximate surface area is 133 Å². The Hall–Kier alpha value is -1.81. The van der Waals surface area contributed by atoms with Crippen LogP contribution in [0.5, 0.6) is 5.75 Å². The van der Waals surface area contributed by atoms with Crippen LogP contribution in [0.4, 0.5) is 0 Å². The van der Waals surface area contributed by atoms with Crippen LogP contribution in [0, 0.1) is 0 Å². The van der Waals surface area contributed by atoms with Gasteiger partial charge in [0.1, 0.15) is 5.75 Å². The predicted molar refractivity (Wildman–Crippen MR) is 87.4 cm³/mol. The number of halogens is 1. The molecule has 3 nitrogen and oxygen atoms in total. The quantitative estimate of drug-likeness (QED) is 0.891. The van der Waals surface area contributed by atoms with E-state index in [1.165, 1.54) is 0 Å². The van der Waals surface area contributed by atoms with Crippen LogP contribution in [0.15, 0.2) is 53.0 Å². The van der Waals surface area contributed by atoms with Gasteiger partial charge in [0.05, 0.1) is 19.6 Å². The molecule has 0 radical (unpaired) electrons. The molecule has 0 fully saturated rings. The van der Waals surface area contributed by atoms with E-state index < -0.39 is 0 Å². The van der Waals surface area contributed by atoms with E-state index in [0.717, 1.165) is 21.3 Å². The highest BCUT2D eigenvalue weighted by Crippen LogP contribution is 2.17. The summed E-state index contributed by atoms with van der Waals surface area (Å²) in [5.74, 6) is 0.804. The summed E-state index contributed by atoms with van der Waals surface area (Å²) < 4.78 is 6.13. The monoisotopic (exact) mass is 347 g/mol. The summed E-state index contributed by atoms with van der Waals surface area (Å²) in [6, 6.07) is 15.5. The second kappa shape index (κ2) is 7.27. The molecule has 0 saturated heterocycles. The molecular weight excluding hydrogens is 330 g/mol. The van der Waals surface area contributed by atoms with Gasteiger partial charge in [0.25, 0.3) is 0 Å². The number of carbonyl (C=O) groups is 1. The zero-order valence-electron chi connectivity index (χ0n) is 12.1. The molecule has 0 aliphatic heterocycles. The van der Waals surface area contributed by atoms with Crippen LogP contribution >= 0.6 is 15.9 Å². The lowest BCUT2D eigenvalue weighted by Crippen LogP contribution is -2.28. The third-order valence-corrected chi connectivity index (χ3v) is 3.80. The van der Waals surface area contributed by atoms with Crippen LogP contribution in [0.3, 0.4) is 0 Å². The fourth-order valence-corrected chi connectivity index (χ4v) is 2.32. The summed E-state index contributed by atoms with van der Waals surface area (Å²) in [6.07, 6.45) is 0.366. The zero-order chi connectivity index (χ0) is 15.2. The number of hydrogen-bond acceptors (Lipinski definition) is 2. The van der Waals surface area contributed by atoms with Gasteiger partial charge in [0.2, 0.25) is 5.91 Å². The number of ether oxygens (including phenoxy) is 1. The number of amides is 1. The molecule has 1 atom stereocenters. The zero-order valence-corrected chi connectivity index (χ0v) is 13.7. The van der Waals surface area contributed by atoms with Gasteiger partial charge in [-0.3, -0.25) is 4.79 Å². The lowest BCUT2D eigenvalue weighted by molar-refractivity contribution is -0.121. The SMILES string of the molecule is COc1ccc(CC(=O)NC(C)c2ccc(Br)cc2)cc1. The van der Waals surface area contributed by atoms with Crippen LogP contribution in [-0.2, 0) is 11.2 Å². The number of carbonyl (C=O) groups excluding carboxylic acids is 1. The summed E-state index contributed by atoms with van der Waals surface area (Å²) in [6.45, 7) is 1.98. The normalized spacial score (nSPS) is 11.8. The topological polar surface area (TPSA) is 38.3 Å². The highest BCUT2D eigenvalue weighted by Gasteiger charge is 2.10. The van der Waals surface area contributed by atoms with E-state index in [2.05, 4.69) is 21.2 Å². The number of rotatable bonds is 5. The minimum absolute atomic E-state index is 0.00980. The van der Waals surface area contributed by atoms with E-state index in [-0.39, 0.29) is 11.9 Å². The van der Waals surface area contributed by atoms with Crippen molar-refractivity contribution < 1.29 is 9.53 Å². The van der Waals surface area contributed by atoms with Crippen molar-refractivity contribution in [3.63, 3.8) is 0 Å². The van der Waals surface area contributed by atoms with Crippen LogP contribution in [0.25, 0.3) is 0 Å². The molecule has 0 bridgehead atoms. The van der Waals surface area contributed by atoms with Gasteiger partial charge in [-0.2, -0.15) is 0 Å². The average molecular weight is 348 g/mol. The molecule has 110 valence electrons. The molecule has 0 aliphatic carbocycles. The highest BCUT2D eigenvalue weighted by molar-refractivity contribution is 9.10. The Morgan fingerprint density at radius 3 is 2.33 bits per heavy atom. The minimum Gasteiger partial charge on any atom is -0.497 e. The van der Waals surface area contributed by atoms with E-state index in [4.69, 9.17) is 4.74 Å². The summed E-state index contributed by atoms with van der Waals surface area (Å²) in [4.78, 5) is 12.1. The standard InChI is InChI=1S/C17H18BrNO2/c1-12(14-5-7-15(18)8-6-14)19-17(20)11-13-3-9-16(21-2)10-4-13/h3-10,12H,11H2,1-2H3,(H,19,20). The number of benzene rings is 2. The van der Waals surface area contributed by atoms with E-state index in [0.29, 0.717) is 6.42 Å². The molecule has 0 aromatic heterocycles. The first-order chi connectivity index (χ1) is 10.1. The van der Waals surface area contributed by atoms with E-state index in [1.54, 1.807) is 7.11 Å². The van der Waals surface area contributed by atoms with Crippen molar-refractivity contribution in [2.75, 3.05) is 7.11 Å². The Morgan fingerprint density at radius 1 is 1.14 bits per heavy atom. The molecule has 4 heteroatoms. The maximum absolute atomic E-state index is 12.1. The molecule has 0 aliphatic rings. The van der Waals surface area contributed by atoms with Gasteiger partial charge in [0.15, 0.2) is 0 Å². The van der Waals surface area contributed by atoms with Crippen LogP contribution in [-0.4, -0.2) is 13.0 Å². The maximum Gasteiger partial charge on any atom is 0.224 e. The largest absolute Gasteiger partial charge is 0.497 e. The van der Waals surface area contributed by atoms with Gasteiger partial charge in [-0.25, -0.2) is 0 Å². The van der Waals surface area contributed by atoms with Crippen molar-refractivity contribution in [1.82, 2.24) is 5.32 Å². The molecule has 2 rings (SSSR count). The molecule has 0 heterocycles. The van der Waals surface area contributed by atoms with Gasteiger partial charge < -0.3 is 10.1 Å². The number of hydrogen-bond donors (Lipinski definition) is 1. The summed E-state index contributed by atoms with van der Waals surface area (Å²) >= 11 is 3.40. The van der Waals surface area contributed by atoms with Crippen molar-refractivity contribution in [3.8, 4) is 5.75 Å². The van der Waals surface area contributed by atoms with Crippen molar-refractivity contribution in [1.29, 1.82) is 0 Å². The molecule has 2 aromatic rings. The molecule has 1 amide bonds. The Kier molecular flexibility index (Phi) is 5.39. The van der Waals surface area contributed by atoms with Crippen LogP contribution in [0.2, 0.25) is 0 Å². The summed E-state index contributed by atoms with van der Waals surface area (Å²) in [7, 11) is 1.63. The predicted octanol–water partition coefficient (Wildman–Crippen LogP) is 3.88. The van der Waals surface area contributed by atoms with E-state index in [9.17, 15) is 4.79 Å². The third kappa shape index (κ3) is 4.60. The third-order valence-electron chi connectivity index (χ3n) is 3.27. The molecule has 2 aromatic carbocycles. The van der Waals surface area contributed by atoms with Crippen molar-refractivity contribution in [3.05, 3.63) is 64.1 Å². The smallest absolute Gasteiger partial charge is 0.224 e. The van der Waals surface area contributed by atoms with Gasteiger partial charge in [-0.1, -0.05) is 40.2 Å². The Balaban J connectivity index is 1.92. The lowest BCUT2D eigenvalue weighted by Gasteiger charge is -2.14. The van der Waals surface area contributed by atoms with Gasteiger partial charge in [-0.05, 0) is 42.3 Å². The van der Waals surface area contributed by atoms with Gasteiger partial charge in [-0.15, -0.1) is 0 Å². The van der Waals surface area contributed by atoms with Crippen LogP contribution < -0.4 is 10.1 Å². The first-order valence-corrected chi connectivity index (χ1v) is 7.55. The molecule has 1 N–H and O–H groups in total. The Bertz CT molecular complexity index is 593. The van der Waals surface area contributed by atoms with Crippen LogP contribution in [0.1, 0.15) is 24.1 Å². The first-order valence-electron chi connectivity index (χ1n) is 6.76. The van der Waals surface area contributed by atoms with Crippen molar-refractivity contribution in [2.45, 2.75) is 19.4 Å². The van der Waals surface area contributed by atoms with Gasteiger partial charge >= 0.3 is 0 Å². The number of methoxy groups -OCH3 is 1. The van der Waals surface area contributed by atoms with E-state index >= 15 is 0 Å². The summed E-state index contributed by atoms with van der Waals surface area (Å²) in [5.41, 5.74) is 2.05. The van der Waals surface area contributed by atoms with Crippen molar-refractivity contribution in [2.24, 2.45) is 0 Å². The average Bonchev–Trinajstić information content (AvgIpc) is 2.48. The first kappa shape index (κ1) is 15.6. The molecular formula is C17H18BrNO2. The maximum atomic E-state index is 12.1. The van der Waals surface area contributed by atoms with Crippen molar-refractivity contribution >= 4 is 21.8 Å². The summed E-state index contributed by atoms with van der Waals surface area (Å²) in [5, 5.41) is 3.01. The highest BCUT2D eigenvalue weighted by atomic mass is 79.9. The fraction of sp³-hybridized carbons (Fsp3) is 0.235. The second-order valence-corrected chi connectivity index (χ2v) is 5.78.